The smallest absolute Gasteiger partial charge is 0.423 e. The zero-order valence-electron chi connectivity index (χ0n) is 12.6. The van der Waals surface area contributed by atoms with Crippen molar-refractivity contribution < 1.29 is 17.9 Å². The minimum Gasteiger partial charge on any atom is -0.477 e. The molecule has 124 valence electrons. The lowest BCUT2D eigenvalue weighted by atomic mass is 10.3. The molecule has 0 spiro atoms. The Morgan fingerprint density at radius 1 is 1.22 bits per heavy atom. The summed E-state index contributed by atoms with van der Waals surface area (Å²) in [6.07, 6.45) is -3.22. The van der Waals surface area contributed by atoms with Crippen LogP contribution in [-0.4, -0.2) is 23.6 Å². The van der Waals surface area contributed by atoms with Crippen LogP contribution in [0, 0.1) is 0 Å². The first-order chi connectivity index (χ1) is 10.8. The number of ether oxygens (including phenoxy) is 1. The van der Waals surface area contributed by atoms with E-state index in [1.165, 1.54) is 0 Å². The summed E-state index contributed by atoms with van der Waals surface area (Å²) in [5.41, 5.74) is -0.228. The van der Waals surface area contributed by atoms with E-state index in [-0.39, 0.29) is 12.6 Å². The molecule has 8 heteroatoms. The number of nitrogens with zero attached hydrogens (tertiary/aromatic N) is 3. The minimum atomic E-state index is -4.56. The van der Waals surface area contributed by atoms with Gasteiger partial charge in [0.25, 0.3) is 0 Å². The molecule has 0 N–H and O–H groups in total. The van der Waals surface area contributed by atoms with E-state index < -0.39 is 17.6 Å². The second-order valence-corrected chi connectivity index (χ2v) is 5.69. The third kappa shape index (κ3) is 4.34. The van der Waals surface area contributed by atoms with E-state index in [9.17, 15) is 13.2 Å². The molecule has 1 aromatic heterocycles. The van der Waals surface area contributed by atoms with Crippen LogP contribution in [0.1, 0.15) is 18.9 Å². The second kappa shape index (κ2) is 7.16. The van der Waals surface area contributed by atoms with Crippen LogP contribution in [0.2, 0.25) is 0 Å². The number of halogens is 4. The number of rotatable bonds is 5. The molecule has 2 rings (SSSR count). The van der Waals surface area contributed by atoms with Gasteiger partial charge in [-0.3, -0.25) is 0 Å². The fourth-order valence-corrected chi connectivity index (χ4v) is 2.07. The first kappa shape index (κ1) is 17.5. The number of anilines is 2. The van der Waals surface area contributed by atoms with Gasteiger partial charge in [0.15, 0.2) is 0 Å². The molecule has 0 aliphatic carbocycles. The Bertz CT molecular complexity index is 662. The van der Waals surface area contributed by atoms with Gasteiger partial charge in [0.1, 0.15) is 5.56 Å². The van der Waals surface area contributed by atoms with Gasteiger partial charge in [0.05, 0.1) is 6.61 Å². The van der Waals surface area contributed by atoms with Crippen molar-refractivity contribution in [2.75, 3.05) is 18.6 Å². The van der Waals surface area contributed by atoms with Crippen molar-refractivity contribution in [1.29, 1.82) is 0 Å². The van der Waals surface area contributed by atoms with Crippen molar-refractivity contribution in [3.8, 4) is 5.88 Å². The molecule has 2 aromatic rings. The molecule has 0 saturated carbocycles. The highest BCUT2D eigenvalue weighted by Gasteiger charge is 2.36. The number of alkyl halides is 3. The topological polar surface area (TPSA) is 38.2 Å². The van der Waals surface area contributed by atoms with Gasteiger partial charge in [-0.1, -0.05) is 22.9 Å². The normalized spacial score (nSPS) is 11.4. The molecule has 0 aliphatic heterocycles. The summed E-state index contributed by atoms with van der Waals surface area (Å²) in [5, 5.41) is 0. The fourth-order valence-electron chi connectivity index (χ4n) is 1.80. The van der Waals surface area contributed by atoms with Crippen LogP contribution in [0.3, 0.4) is 0 Å². The van der Waals surface area contributed by atoms with Crippen LogP contribution in [0.4, 0.5) is 24.8 Å². The van der Waals surface area contributed by atoms with Gasteiger partial charge in [-0.25, -0.2) is 4.98 Å². The molecule has 0 atom stereocenters. The molecule has 0 aliphatic rings. The summed E-state index contributed by atoms with van der Waals surface area (Å²) in [5.74, 6) is -0.320. The lowest BCUT2D eigenvalue weighted by Gasteiger charge is -2.19. The predicted octanol–water partition coefficient (Wildman–Crippen LogP) is 4.81. The molecule has 1 heterocycles. The van der Waals surface area contributed by atoms with Crippen molar-refractivity contribution in [3.05, 3.63) is 40.5 Å². The Balaban J connectivity index is 2.37. The summed E-state index contributed by atoms with van der Waals surface area (Å²) in [4.78, 5) is 9.34. The monoisotopic (exact) mass is 389 g/mol. The molecule has 4 nitrogen and oxygen atoms in total. The maximum atomic E-state index is 13.0. The first-order valence-corrected chi connectivity index (χ1v) is 7.68. The van der Waals surface area contributed by atoms with Crippen LogP contribution in [-0.2, 0) is 6.18 Å². The molecule has 0 bridgehead atoms. The van der Waals surface area contributed by atoms with E-state index in [4.69, 9.17) is 4.74 Å². The summed E-state index contributed by atoms with van der Waals surface area (Å²) in [6.45, 7) is 1.96. The van der Waals surface area contributed by atoms with Gasteiger partial charge in [-0.15, -0.1) is 0 Å². The van der Waals surface area contributed by atoms with E-state index >= 15 is 0 Å². The largest absolute Gasteiger partial charge is 0.477 e. The van der Waals surface area contributed by atoms with E-state index in [2.05, 4.69) is 25.9 Å². The molecule has 1 aromatic carbocycles. The molecular weight excluding hydrogens is 375 g/mol. The quantitative estimate of drug-likeness (QED) is 0.734. The third-order valence-electron chi connectivity index (χ3n) is 3.00. The molecular formula is C15H15BrF3N3O. The van der Waals surface area contributed by atoms with Crippen LogP contribution in [0.15, 0.2) is 34.9 Å². The molecule has 0 fully saturated rings. The third-order valence-corrected chi connectivity index (χ3v) is 3.53. The molecule has 23 heavy (non-hydrogen) atoms. The Kier molecular flexibility index (Phi) is 5.46. The van der Waals surface area contributed by atoms with Crippen molar-refractivity contribution in [1.82, 2.24) is 9.97 Å². The SMILES string of the molecule is CCCOc1nc(N(C)c2ccc(Br)cc2)ncc1C(F)(F)F. The highest BCUT2D eigenvalue weighted by molar-refractivity contribution is 9.10. The lowest BCUT2D eigenvalue weighted by molar-refractivity contribution is -0.139. The zero-order chi connectivity index (χ0) is 17.0. The Labute approximate surface area is 140 Å². The molecule has 0 unspecified atom stereocenters. The zero-order valence-corrected chi connectivity index (χ0v) is 14.1. The van der Waals surface area contributed by atoms with Gasteiger partial charge >= 0.3 is 6.18 Å². The average Bonchev–Trinajstić information content (AvgIpc) is 2.51. The van der Waals surface area contributed by atoms with Gasteiger partial charge in [-0.05, 0) is 30.7 Å². The standard InChI is InChI=1S/C15H15BrF3N3O/c1-3-8-23-13-12(15(17,18)19)9-20-14(21-13)22(2)11-6-4-10(16)5-7-11/h4-7,9H,3,8H2,1-2H3. The van der Waals surface area contributed by atoms with Gasteiger partial charge in [-0.2, -0.15) is 18.2 Å². The van der Waals surface area contributed by atoms with E-state index in [0.29, 0.717) is 6.42 Å². The number of aromatic nitrogens is 2. The Morgan fingerprint density at radius 2 is 1.87 bits per heavy atom. The first-order valence-electron chi connectivity index (χ1n) is 6.89. The van der Waals surface area contributed by atoms with Crippen molar-refractivity contribution in [2.45, 2.75) is 19.5 Å². The minimum absolute atomic E-state index is 0.131. The highest BCUT2D eigenvalue weighted by atomic mass is 79.9. The summed E-state index contributed by atoms with van der Waals surface area (Å²) in [6, 6.07) is 7.25. The Hall–Kier alpha value is -1.83. The van der Waals surface area contributed by atoms with Crippen LogP contribution < -0.4 is 9.64 Å². The van der Waals surface area contributed by atoms with E-state index in [0.717, 1.165) is 16.4 Å². The number of benzene rings is 1. The predicted molar refractivity (Wildman–Crippen MR) is 85.0 cm³/mol. The molecule has 0 amide bonds. The van der Waals surface area contributed by atoms with E-state index in [1.807, 2.05) is 19.1 Å². The van der Waals surface area contributed by atoms with Crippen LogP contribution in [0.25, 0.3) is 0 Å². The van der Waals surface area contributed by atoms with E-state index in [1.54, 1.807) is 24.1 Å². The van der Waals surface area contributed by atoms with Crippen molar-refractivity contribution in [3.63, 3.8) is 0 Å². The van der Waals surface area contributed by atoms with Crippen LogP contribution in [0.5, 0.6) is 5.88 Å². The summed E-state index contributed by atoms with van der Waals surface area (Å²) >= 11 is 3.33. The maximum Gasteiger partial charge on any atom is 0.423 e. The Morgan fingerprint density at radius 3 is 2.43 bits per heavy atom. The number of hydrogen-bond donors (Lipinski definition) is 0. The second-order valence-electron chi connectivity index (χ2n) is 4.77. The van der Waals surface area contributed by atoms with Crippen molar-refractivity contribution in [2.24, 2.45) is 0 Å². The highest BCUT2D eigenvalue weighted by Crippen LogP contribution is 2.36. The summed E-state index contributed by atoms with van der Waals surface area (Å²) in [7, 11) is 1.68. The summed E-state index contributed by atoms with van der Waals surface area (Å²) < 4.78 is 45.0. The van der Waals surface area contributed by atoms with Crippen molar-refractivity contribution >= 4 is 27.6 Å². The molecule has 0 radical (unpaired) electrons. The molecule has 0 saturated heterocycles. The average molecular weight is 390 g/mol. The van der Waals surface area contributed by atoms with Gasteiger partial charge < -0.3 is 9.64 Å². The van der Waals surface area contributed by atoms with Gasteiger partial charge in [0, 0.05) is 23.4 Å². The maximum absolute atomic E-state index is 13.0. The fraction of sp³-hybridized carbons (Fsp3) is 0.333. The lowest BCUT2D eigenvalue weighted by Crippen LogP contribution is -2.17. The van der Waals surface area contributed by atoms with Crippen LogP contribution >= 0.6 is 15.9 Å². The number of hydrogen-bond acceptors (Lipinski definition) is 4. The van der Waals surface area contributed by atoms with Gasteiger partial charge in [0.2, 0.25) is 11.8 Å².